The highest BCUT2D eigenvalue weighted by Crippen LogP contribution is 2.33. The quantitative estimate of drug-likeness (QED) is 0.732. The van der Waals surface area contributed by atoms with Crippen molar-refractivity contribution in [1.29, 1.82) is 0 Å². The van der Waals surface area contributed by atoms with Gasteiger partial charge in [-0.25, -0.2) is 4.39 Å². The third kappa shape index (κ3) is 2.43. The smallest absolute Gasteiger partial charge is 0.141 e. The maximum Gasteiger partial charge on any atom is 0.141 e. The van der Waals surface area contributed by atoms with Gasteiger partial charge >= 0.3 is 0 Å². The lowest BCUT2D eigenvalue weighted by Gasteiger charge is -2.11. The summed E-state index contributed by atoms with van der Waals surface area (Å²) >= 11 is 5.82. The summed E-state index contributed by atoms with van der Waals surface area (Å²) < 4.78 is 19.1. The first kappa shape index (κ1) is 14.1. The fourth-order valence-corrected chi connectivity index (χ4v) is 2.70. The summed E-state index contributed by atoms with van der Waals surface area (Å²) in [6, 6.07) is 10.0. The molecule has 2 N–H and O–H groups in total. The highest BCUT2D eigenvalue weighted by Gasteiger charge is 2.19. The normalized spacial score (nSPS) is 12.8. The summed E-state index contributed by atoms with van der Waals surface area (Å²) in [5, 5.41) is 1.11. The molecule has 0 aliphatic rings. The summed E-state index contributed by atoms with van der Waals surface area (Å²) in [6.07, 6.45) is 0. The van der Waals surface area contributed by atoms with E-state index in [0.29, 0.717) is 5.76 Å². The van der Waals surface area contributed by atoms with Gasteiger partial charge in [-0.1, -0.05) is 29.3 Å². The van der Waals surface area contributed by atoms with Gasteiger partial charge in [0.2, 0.25) is 0 Å². The van der Waals surface area contributed by atoms with Gasteiger partial charge in [-0.05, 0) is 43.7 Å². The highest BCUT2D eigenvalue weighted by atomic mass is 35.5. The number of halogens is 2. The van der Waals surface area contributed by atoms with Gasteiger partial charge in [-0.2, -0.15) is 0 Å². The van der Waals surface area contributed by atoms with E-state index in [2.05, 4.69) is 6.07 Å². The molecule has 3 aromatic rings. The van der Waals surface area contributed by atoms with Crippen LogP contribution in [0.4, 0.5) is 4.39 Å². The first-order valence-corrected chi connectivity index (χ1v) is 7.05. The van der Waals surface area contributed by atoms with E-state index in [1.165, 1.54) is 6.07 Å². The van der Waals surface area contributed by atoms with Crippen molar-refractivity contribution in [2.24, 2.45) is 5.73 Å². The average Bonchev–Trinajstić information content (AvgIpc) is 2.78. The fraction of sp³-hybridized carbons (Fsp3) is 0.176. The Bertz CT molecular complexity index is 825. The standard InChI is InChI=1S/C17H15ClFNO/c1-9-3-6-15-12(7-9)10(2)17(21-15)16(20)11-4-5-14(19)13(18)8-11/h3-8,16H,20H2,1-2H3. The molecule has 0 bridgehead atoms. The lowest BCUT2D eigenvalue weighted by Crippen LogP contribution is -2.12. The van der Waals surface area contributed by atoms with Crippen LogP contribution >= 0.6 is 11.6 Å². The SMILES string of the molecule is Cc1ccc2oc(C(N)c3ccc(F)c(Cl)c3)c(C)c2c1. The molecule has 108 valence electrons. The Kier molecular flexibility index (Phi) is 3.47. The highest BCUT2D eigenvalue weighted by molar-refractivity contribution is 6.30. The Morgan fingerprint density at radius 3 is 2.62 bits per heavy atom. The second-order valence-corrected chi connectivity index (χ2v) is 5.65. The number of rotatable bonds is 2. The average molecular weight is 304 g/mol. The van der Waals surface area contributed by atoms with E-state index in [-0.39, 0.29) is 5.02 Å². The lowest BCUT2D eigenvalue weighted by atomic mass is 10.0. The predicted molar refractivity (Wildman–Crippen MR) is 83.1 cm³/mol. The Labute approximate surface area is 127 Å². The molecular formula is C17H15ClFNO. The first-order chi connectivity index (χ1) is 9.97. The van der Waals surface area contributed by atoms with Crippen LogP contribution in [0.25, 0.3) is 11.0 Å². The Balaban J connectivity index is 2.10. The summed E-state index contributed by atoms with van der Waals surface area (Å²) in [7, 11) is 0. The van der Waals surface area contributed by atoms with Crippen LogP contribution in [0.15, 0.2) is 40.8 Å². The van der Waals surface area contributed by atoms with E-state index in [1.807, 2.05) is 26.0 Å². The van der Waals surface area contributed by atoms with Gasteiger partial charge in [0.05, 0.1) is 11.1 Å². The van der Waals surface area contributed by atoms with E-state index in [9.17, 15) is 4.39 Å². The van der Waals surface area contributed by atoms with Crippen molar-refractivity contribution >= 4 is 22.6 Å². The maximum absolute atomic E-state index is 13.3. The Morgan fingerprint density at radius 1 is 1.14 bits per heavy atom. The van der Waals surface area contributed by atoms with Gasteiger partial charge in [0.1, 0.15) is 17.2 Å². The second-order valence-electron chi connectivity index (χ2n) is 5.24. The summed E-state index contributed by atoms with van der Waals surface area (Å²) in [4.78, 5) is 0. The lowest BCUT2D eigenvalue weighted by molar-refractivity contribution is 0.520. The third-order valence-electron chi connectivity index (χ3n) is 3.71. The van der Waals surface area contributed by atoms with Crippen LogP contribution in [0, 0.1) is 19.7 Å². The van der Waals surface area contributed by atoms with E-state index in [0.717, 1.165) is 27.7 Å². The van der Waals surface area contributed by atoms with Gasteiger partial charge in [0.25, 0.3) is 0 Å². The number of nitrogens with two attached hydrogens (primary N) is 1. The summed E-state index contributed by atoms with van der Waals surface area (Å²) in [5.74, 6) is 0.225. The molecule has 0 saturated heterocycles. The van der Waals surface area contributed by atoms with Crippen LogP contribution in [-0.4, -0.2) is 0 Å². The molecule has 0 saturated carbocycles. The van der Waals surface area contributed by atoms with Crippen LogP contribution in [0.5, 0.6) is 0 Å². The second kappa shape index (κ2) is 5.17. The van der Waals surface area contributed by atoms with Crippen molar-refractivity contribution in [3.8, 4) is 0 Å². The van der Waals surface area contributed by atoms with Crippen molar-refractivity contribution in [3.05, 3.63) is 69.7 Å². The molecule has 1 heterocycles. The number of hydrogen-bond acceptors (Lipinski definition) is 2. The molecule has 21 heavy (non-hydrogen) atoms. The molecule has 0 aliphatic carbocycles. The minimum Gasteiger partial charge on any atom is -0.459 e. The monoisotopic (exact) mass is 303 g/mol. The minimum atomic E-state index is -0.476. The van der Waals surface area contributed by atoms with Gasteiger partial charge in [0, 0.05) is 10.9 Å². The Morgan fingerprint density at radius 2 is 1.90 bits per heavy atom. The predicted octanol–water partition coefficient (Wildman–Crippen LogP) is 4.89. The van der Waals surface area contributed by atoms with Crippen LogP contribution in [0.3, 0.4) is 0 Å². The third-order valence-corrected chi connectivity index (χ3v) is 4.00. The first-order valence-electron chi connectivity index (χ1n) is 6.67. The molecule has 0 amide bonds. The number of furan rings is 1. The topological polar surface area (TPSA) is 39.2 Å². The van der Waals surface area contributed by atoms with Gasteiger partial charge in [-0.15, -0.1) is 0 Å². The molecule has 2 nitrogen and oxygen atoms in total. The molecule has 0 radical (unpaired) electrons. The molecule has 0 aliphatic heterocycles. The largest absolute Gasteiger partial charge is 0.459 e. The Hall–Kier alpha value is -1.84. The number of benzene rings is 2. The zero-order chi connectivity index (χ0) is 15.1. The molecule has 0 spiro atoms. The van der Waals surface area contributed by atoms with E-state index in [4.69, 9.17) is 21.8 Å². The van der Waals surface area contributed by atoms with Gasteiger partial charge < -0.3 is 10.2 Å². The van der Waals surface area contributed by atoms with Crippen LogP contribution in [0.2, 0.25) is 5.02 Å². The van der Waals surface area contributed by atoms with Gasteiger partial charge in [0.15, 0.2) is 0 Å². The number of hydrogen-bond donors (Lipinski definition) is 1. The minimum absolute atomic E-state index is 0.0626. The van der Waals surface area contributed by atoms with Crippen LogP contribution in [0.1, 0.15) is 28.5 Å². The summed E-state index contributed by atoms with van der Waals surface area (Å²) in [5.41, 5.74) is 9.95. The van der Waals surface area contributed by atoms with E-state index < -0.39 is 11.9 Å². The van der Waals surface area contributed by atoms with E-state index in [1.54, 1.807) is 12.1 Å². The number of fused-ring (bicyclic) bond motifs is 1. The van der Waals surface area contributed by atoms with Crippen LogP contribution in [-0.2, 0) is 0 Å². The van der Waals surface area contributed by atoms with Gasteiger partial charge in [-0.3, -0.25) is 0 Å². The molecule has 1 aromatic heterocycles. The fourth-order valence-electron chi connectivity index (χ4n) is 2.51. The van der Waals surface area contributed by atoms with Crippen molar-refractivity contribution < 1.29 is 8.81 Å². The molecule has 4 heteroatoms. The van der Waals surface area contributed by atoms with Crippen molar-refractivity contribution in [2.45, 2.75) is 19.9 Å². The van der Waals surface area contributed by atoms with E-state index >= 15 is 0 Å². The maximum atomic E-state index is 13.3. The number of aryl methyl sites for hydroxylation is 2. The van der Waals surface area contributed by atoms with Crippen molar-refractivity contribution in [2.75, 3.05) is 0 Å². The molecule has 2 aromatic carbocycles. The van der Waals surface area contributed by atoms with Crippen molar-refractivity contribution in [3.63, 3.8) is 0 Å². The molecule has 3 rings (SSSR count). The molecule has 1 unspecified atom stereocenters. The molecule has 1 atom stereocenters. The summed E-state index contributed by atoms with van der Waals surface area (Å²) in [6.45, 7) is 4.01. The van der Waals surface area contributed by atoms with Crippen LogP contribution < -0.4 is 5.73 Å². The zero-order valence-corrected chi connectivity index (χ0v) is 12.5. The molecular weight excluding hydrogens is 289 g/mol. The zero-order valence-electron chi connectivity index (χ0n) is 11.8. The molecule has 0 fully saturated rings. The van der Waals surface area contributed by atoms with Crippen molar-refractivity contribution in [1.82, 2.24) is 0 Å².